The molecule has 5 rings (SSSR count). The van der Waals surface area contributed by atoms with Gasteiger partial charge in [0.25, 0.3) is 5.56 Å². The molecule has 0 radical (unpaired) electrons. The van der Waals surface area contributed by atoms with E-state index in [0.29, 0.717) is 56.5 Å². The van der Waals surface area contributed by atoms with Gasteiger partial charge >= 0.3 is 5.69 Å². The second-order valence-electron chi connectivity index (χ2n) is 8.92. The van der Waals surface area contributed by atoms with Gasteiger partial charge in [-0.1, -0.05) is 37.3 Å². The maximum atomic E-state index is 13.5. The van der Waals surface area contributed by atoms with E-state index in [4.69, 9.17) is 9.72 Å². The van der Waals surface area contributed by atoms with Gasteiger partial charge in [-0.3, -0.25) is 18.8 Å². The molecule has 0 bridgehead atoms. The van der Waals surface area contributed by atoms with Gasteiger partial charge in [-0.2, -0.15) is 4.98 Å². The lowest BCUT2D eigenvalue weighted by Crippen LogP contribution is -2.44. The molecule has 9 nitrogen and oxygen atoms in total. The summed E-state index contributed by atoms with van der Waals surface area (Å²) >= 11 is 0. The Hall–Kier alpha value is -2.91. The topological polar surface area (TPSA) is 77.5 Å². The molecule has 1 fully saturated rings. The van der Waals surface area contributed by atoms with Gasteiger partial charge in [0, 0.05) is 52.9 Å². The molecule has 0 aliphatic carbocycles. The van der Waals surface area contributed by atoms with E-state index >= 15 is 0 Å². The van der Waals surface area contributed by atoms with Crippen LogP contribution in [-0.4, -0.2) is 63.0 Å². The van der Waals surface area contributed by atoms with Crippen LogP contribution in [0.15, 0.2) is 39.9 Å². The van der Waals surface area contributed by atoms with Gasteiger partial charge in [0.15, 0.2) is 11.2 Å². The van der Waals surface area contributed by atoms with Gasteiger partial charge in [0.05, 0.1) is 13.2 Å². The van der Waals surface area contributed by atoms with E-state index in [1.54, 1.807) is 7.05 Å². The summed E-state index contributed by atoms with van der Waals surface area (Å²) in [5.74, 6) is 1.13. The van der Waals surface area contributed by atoms with Gasteiger partial charge in [-0.25, -0.2) is 4.79 Å². The monoisotopic (exact) mass is 438 g/mol. The molecule has 0 spiro atoms. The number of aromatic nitrogens is 4. The minimum Gasteiger partial charge on any atom is -0.379 e. The second kappa shape index (κ2) is 8.55. The number of imidazole rings is 1. The number of hydrogen-bond donors (Lipinski definition) is 0. The lowest BCUT2D eigenvalue weighted by atomic mass is 10.1. The van der Waals surface area contributed by atoms with Gasteiger partial charge in [-0.15, -0.1) is 0 Å². The summed E-state index contributed by atoms with van der Waals surface area (Å²) in [5, 5.41) is 0. The average molecular weight is 439 g/mol. The van der Waals surface area contributed by atoms with E-state index in [2.05, 4.69) is 28.9 Å². The number of aryl methyl sites for hydroxylation is 1. The van der Waals surface area contributed by atoms with Crippen molar-refractivity contribution in [1.29, 1.82) is 0 Å². The maximum absolute atomic E-state index is 13.5. The Morgan fingerprint density at radius 2 is 1.81 bits per heavy atom. The molecular formula is C23H30N6O3. The fraction of sp³-hybridized carbons (Fsp3) is 0.522. The molecule has 2 aliphatic heterocycles. The molecule has 2 aromatic heterocycles. The molecule has 1 unspecified atom stereocenters. The van der Waals surface area contributed by atoms with Crippen molar-refractivity contribution in [1.82, 2.24) is 23.6 Å². The van der Waals surface area contributed by atoms with E-state index in [-0.39, 0.29) is 11.2 Å². The Labute approximate surface area is 186 Å². The Bertz CT molecular complexity index is 1220. The summed E-state index contributed by atoms with van der Waals surface area (Å²) < 4.78 is 10.3. The third-order valence-electron chi connectivity index (χ3n) is 6.48. The smallest absolute Gasteiger partial charge is 0.332 e. The van der Waals surface area contributed by atoms with E-state index in [9.17, 15) is 9.59 Å². The average Bonchev–Trinajstić information content (AvgIpc) is 3.19. The predicted octanol–water partition coefficient (Wildman–Crippen LogP) is 0.885. The van der Waals surface area contributed by atoms with E-state index < -0.39 is 0 Å². The first kappa shape index (κ1) is 21.0. The minimum absolute atomic E-state index is 0.246. The van der Waals surface area contributed by atoms with Gasteiger partial charge in [0.1, 0.15) is 0 Å². The van der Waals surface area contributed by atoms with E-state index in [0.717, 1.165) is 25.6 Å². The van der Waals surface area contributed by atoms with Crippen LogP contribution in [0, 0.1) is 5.92 Å². The Morgan fingerprint density at radius 1 is 1.06 bits per heavy atom. The van der Waals surface area contributed by atoms with Crippen molar-refractivity contribution in [3.05, 3.63) is 56.7 Å². The summed E-state index contributed by atoms with van der Waals surface area (Å²) in [6.07, 6.45) is 0. The van der Waals surface area contributed by atoms with Crippen LogP contribution in [0.25, 0.3) is 11.2 Å². The fourth-order valence-electron chi connectivity index (χ4n) is 4.80. The molecule has 4 heterocycles. The van der Waals surface area contributed by atoms with Crippen LogP contribution in [0.4, 0.5) is 5.95 Å². The third-order valence-corrected chi connectivity index (χ3v) is 6.48. The summed E-state index contributed by atoms with van der Waals surface area (Å²) in [5.41, 5.74) is 1.62. The molecule has 9 heteroatoms. The second-order valence-corrected chi connectivity index (χ2v) is 8.92. The first-order valence-electron chi connectivity index (χ1n) is 11.3. The highest BCUT2D eigenvalue weighted by Gasteiger charge is 2.29. The largest absolute Gasteiger partial charge is 0.379 e. The first-order valence-corrected chi connectivity index (χ1v) is 11.3. The van der Waals surface area contributed by atoms with Crippen molar-refractivity contribution >= 4 is 17.1 Å². The number of nitrogens with zero attached hydrogens (tertiary/aromatic N) is 6. The first-order chi connectivity index (χ1) is 15.5. The Balaban J connectivity index is 1.55. The Kier molecular flexibility index (Phi) is 5.60. The molecule has 1 aromatic carbocycles. The van der Waals surface area contributed by atoms with Gasteiger partial charge < -0.3 is 14.2 Å². The lowest BCUT2D eigenvalue weighted by molar-refractivity contribution is 0.0361. The number of rotatable bonds is 5. The molecule has 1 saturated heterocycles. The molecule has 32 heavy (non-hydrogen) atoms. The summed E-state index contributed by atoms with van der Waals surface area (Å²) in [7, 11) is 1.71. The molecule has 3 aromatic rings. The molecular weight excluding hydrogens is 408 g/mol. The van der Waals surface area contributed by atoms with Crippen LogP contribution in [-0.2, 0) is 31.4 Å². The summed E-state index contributed by atoms with van der Waals surface area (Å²) in [6, 6.07) is 10.3. The van der Waals surface area contributed by atoms with Crippen molar-refractivity contribution in [2.45, 2.75) is 26.6 Å². The van der Waals surface area contributed by atoms with Gasteiger partial charge in [-0.05, 0) is 11.5 Å². The lowest BCUT2D eigenvalue weighted by Gasteiger charge is -2.33. The SMILES string of the molecule is CC1CN(Cc2ccccc2)c2nc3c(c(=O)n(CCN4CCOCC4)c(=O)n3C)n2C1. The molecule has 0 amide bonds. The standard InChI is InChI=1S/C23H30N6O3/c1-17-14-27(16-18-6-4-3-5-7-18)22-24-20-19(29(22)15-17)21(30)28(23(31)25(20)2)9-8-26-10-12-32-13-11-26/h3-7,17H,8-16H2,1-2H3. The zero-order valence-electron chi connectivity index (χ0n) is 18.7. The van der Waals surface area contributed by atoms with Crippen LogP contribution in [0.5, 0.6) is 0 Å². The van der Waals surface area contributed by atoms with Gasteiger partial charge in [0.2, 0.25) is 5.95 Å². The zero-order chi connectivity index (χ0) is 22.2. The van der Waals surface area contributed by atoms with Crippen LogP contribution < -0.4 is 16.1 Å². The Morgan fingerprint density at radius 3 is 2.56 bits per heavy atom. The number of anilines is 1. The summed E-state index contributed by atoms with van der Waals surface area (Å²) in [4.78, 5) is 35.8. The van der Waals surface area contributed by atoms with Crippen molar-refractivity contribution in [2.24, 2.45) is 13.0 Å². The minimum atomic E-state index is -0.311. The maximum Gasteiger partial charge on any atom is 0.332 e. The van der Waals surface area contributed by atoms with Crippen molar-refractivity contribution < 1.29 is 4.74 Å². The normalized spacial score (nSPS) is 19.4. The quantitative estimate of drug-likeness (QED) is 0.589. The number of morpholine rings is 1. The van der Waals surface area contributed by atoms with Crippen molar-refractivity contribution in [3.63, 3.8) is 0 Å². The molecule has 0 saturated carbocycles. The summed E-state index contributed by atoms with van der Waals surface area (Å²) in [6.45, 7) is 8.53. The fourth-order valence-corrected chi connectivity index (χ4v) is 4.80. The van der Waals surface area contributed by atoms with E-state index in [1.165, 1.54) is 14.7 Å². The third kappa shape index (κ3) is 3.75. The van der Waals surface area contributed by atoms with Crippen LogP contribution in [0.2, 0.25) is 0 Å². The molecule has 0 N–H and O–H groups in total. The van der Waals surface area contributed by atoms with E-state index in [1.807, 2.05) is 22.8 Å². The number of hydrogen-bond acceptors (Lipinski definition) is 6. The van der Waals surface area contributed by atoms with Crippen LogP contribution in [0.1, 0.15) is 12.5 Å². The molecule has 170 valence electrons. The van der Waals surface area contributed by atoms with Crippen LogP contribution >= 0.6 is 0 Å². The molecule has 1 atom stereocenters. The highest BCUT2D eigenvalue weighted by atomic mass is 16.5. The number of fused-ring (bicyclic) bond motifs is 3. The van der Waals surface area contributed by atoms with Crippen molar-refractivity contribution in [3.8, 4) is 0 Å². The number of benzene rings is 1. The number of ether oxygens (including phenoxy) is 1. The highest BCUT2D eigenvalue weighted by molar-refractivity contribution is 5.75. The molecule has 2 aliphatic rings. The highest BCUT2D eigenvalue weighted by Crippen LogP contribution is 2.28. The predicted molar refractivity (Wildman–Crippen MR) is 123 cm³/mol. The van der Waals surface area contributed by atoms with Crippen LogP contribution in [0.3, 0.4) is 0 Å². The zero-order valence-corrected chi connectivity index (χ0v) is 18.7. The van der Waals surface area contributed by atoms with Crippen molar-refractivity contribution in [2.75, 3.05) is 44.3 Å².